The van der Waals surface area contributed by atoms with Gasteiger partial charge in [0.1, 0.15) is 5.54 Å². The van der Waals surface area contributed by atoms with E-state index in [1.165, 1.54) is 0 Å². The predicted molar refractivity (Wildman–Crippen MR) is 109 cm³/mol. The van der Waals surface area contributed by atoms with Gasteiger partial charge in [-0.05, 0) is 36.8 Å². The summed E-state index contributed by atoms with van der Waals surface area (Å²) < 4.78 is 5.05. The van der Waals surface area contributed by atoms with Crippen LogP contribution in [0.3, 0.4) is 0 Å². The standard InChI is InChI=1S/C19H17BrCl2N2O3/c1-2-27-17(25)16(20)24-19(10-11-4-3-5-12(21)8-11)14-7-6-13(22)9-15(14)23-18(19)26/h3-9,16,24H,2,10H2,1H3,(H,23,26). The van der Waals surface area contributed by atoms with Gasteiger partial charge < -0.3 is 10.1 Å². The molecular formula is C19H17BrCl2N2O3. The summed E-state index contributed by atoms with van der Waals surface area (Å²) in [7, 11) is 0. The molecule has 2 unspecified atom stereocenters. The molecule has 3 rings (SSSR count). The lowest BCUT2D eigenvalue weighted by atomic mass is 9.84. The lowest BCUT2D eigenvalue weighted by molar-refractivity contribution is -0.143. The molecule has 0 bridgehead atoms. The van der Waals surface area contributed by atoms with Gasteiger partial charge in [-0.15, -0.1) is 0 Å². The van der Waals surface area contributed by atoms with Crippen molar-refractivity contribution in [3.05, 3.63) is 63.6 Å². The zero-order valence-corrected chi connectivity index (χ0v) is 17.5. The van der Waals surface area contributed by atoms with Crippen LogP contribution in [0.5, 0.6) is 0 Å². The fourth-order valence-electron chi connectivity index (χ4n) is 3.16. The third-order valence-corrected chi connectivity index (χ3v) is 5.38. The van der Waals surface area contributed by atoms with Crippen molar-refractivity contribution < 1.29 is 14.3 Å². The van der Waals surface area contributed by atoms with Crippen LogP contribution in [0.15, 0.2) is 42.5 Å². The number of benzene rings is 2. The van der Waals surface area contributed by atoms with Gasteiger partial charge in [-0.2, -0.15) is 0 Å². The van der Waals surface area contributed by atoms with E-state index < -0.39 is 16.5 Å². The first-order valence-electron chi connectivity index (χ1n) is 8.30. The number of halogens is 3. The van der Waals surface area contributed by atoms with E-state index in [0.29, 0.717) is 21.3 Å². The molecule has 0 spiro atoms. The molecule has 0 aliphatic carbocycles. The van der Waals surface area contributed by atoms with Crippen LogP contribution in [0, 0.1) is 0 Å². The van der Waals surface area contributed by atoms with Crippen LogP contribution in [0.4, 0.5) is 5.69 Å². The van der Waals surface area contributed by atoms with Crippen molar-refractivity contribution in [3.8, 4) is 0 Å². The normalized spacial score (nSPS) is 19.3. The molecule has 27 heavy (non-hydrogen) atoms. The second-order valence-electron chi connectivity index (χ2n) is 6.11. The van der Waals surface area contributed by atoms with E-state index in [4.69, 9.17) is 27.9 Å². The highest BCUT2D eigenvalue weighted by molar-refractivity contribution is 9.09. The SMILES string of the molecule is CCOC(=O)C(Br)NC1(Cc2cccc(Cl)c2)C(=O)Nc2cc(Cl)ccc21. The molecule has 0 aromatic heterocycles. The van der Waals surface area contributed by atoms with Crippen LogP contribution >= 0.6 is 39.1 Å². The number of hydrogen-bond donors (Lipinski definition) is 2. The minimum atomic E-state index is -1.19. The zero-order valence-electron chi connectivity index (χ0n) is 14.4. The highest BCUT2D eigenvalue weighted by Gasteiger charge is 2.48. The zero-order chi connectivity index (χ0) is 19.6. The number of amides is 1. The summed E-state index contributed by atoms with van der Waals surface area (Å²) >= 11 is 15.5. The van der Waals surface area contributed by atoms with Crippen molar-refractivity contribution in [2.75, 3.05) is 11.9 Å². The molecular weight excluding hydrogens is 455 g/mol. The summed E-state index contributed by atoms with van der Waals surface area (Å²) in [6.45, 7) is 1.96. The smallest absolute Gasteiger partial charge is 0.334 e. The average Bonchev–Trinajstić information content (AvgIpc) is 2.86. The molecule has 0 radical (unpaired) electrons. The fourth-order valence-corrected chi connectivity index (χ4v) is 4.06. The first kappa shape index (κ1) is 20.1. The number of anilines is 1. The van der Waals surface area contributed by atoms with Gasteiger partial charge in [0, 0.05) is 27.7 Å². The molecule has 1 heterocycles. The minimum Gasteiger partial charge on any atom is -0.464 e. The van der Waals surface area contributed by atoms with Crippen LogP contribution in [-0.4, -0.2) is 23.4 Å². The van der Waals surface area contributed by atoms with Crippen LogP contribution in [-0.2, 0) is 26.3 Å². The number of nitrogens with one attached hydrogen (secondary N) is 2. The van der Waals surface area contributed by atoms with Gasteiger partial charge in [-0.3, -0.25) is 10.1 Å². The largest absolute Gasteiger partial charge is 0.464 e. The highest BCUT2D eigenvalue weighted by atomic mass is 79.9. The maximum atomic E-state index is 13.0. The molecule has 0 saturated carbocycles. The Morgan fingerprint density at radius 2 is 2.00 bits per heavy atom. The lowest BCUT2D eigenvalue weighted by Crippen LogP contribution is -2.54. The first-order chi connectivity index (χ1) is 12.9. The maximum absolute atomic E-state index is 13.0. The third-order valence-electron chi connectivity index (χ3n) is 4.30. The van der Waals surface area contributed by atoms with Gasteiger partial charge in [0.15, 0.2) is 4.95 Å². The van der Waals surface area contributed by atoms with Crippen molar-refractivity contribution in [2.24, 2.45) is 0 Å². The van der Waals surface area contributed by atoms with Gasteiger partial charge in [-0.25, -0.2) is 4.79 Å². The Morgan fingerprint density at radius 3 is 2.70 bits per heavy atom. The second-order valence-corrected chi connectivity index (χ2v) is 7.90. The molecule has 2 aromatic carbocycles. The van der Waals surface area contributed by atoms with Crippen molar-refractivity contribution in [1.82, 2.24) is 5.32 Å². The molecule has 8 heteroatoms. The molecule has 0 saturated heterocycles. The van der Waals surface area contributed by atoms with Crippen molar-refractivity contribution in [1.29, 1.82) is 0 Å². The molecule has 5 nitrogen and oxygen atoms in total. The maximum Gasteiger partial charge on any atom is 0.334 e. The minimum absolute atomic E-state index is 0.238. The quantitative estimate of drug-likeness (QED) is 0.375. The van der Waals surface area contributed by atoms with E-state index in [2.05, 4.69) is 26.6 Å². The van der Waals surface area contributed by atoms with E-state index in [1.807, 2.05) is 12.1 Å². The van der Waals surface area contributed by atoms with Crippen molar-refractivity contribution in [2.45, 2.75) is 23.8 Å². The Balaban J connectivity index is 2.04. The number of ether oxygens (including phenoxy) is 1. The van der Waals surface area contributed by atoms with Crippen LogP contribution in [0.2, 0.25) is 10.0 Å². The summed E-state index contributed by atoms with van der Waals surface area (Å²) in [6.07, 6.45) is 0.287. The number of fused-ring (bicyclic) bond motifs is 1. The van der Waals surface area contributed by atoms with Crippen LogP contribution < -0.4 is 10.6 Å². The number of carbonyl (C=O) groups is 2. The Hall–Kier alpha value is -1.60. The summed E-state index contributed by atoms with van der Waals surface area (Å²) in [4.78, 5) is 24.3. The summed E-state index contributed by atoms with van der Waals surface area (Å²) in [5.74, 6) is -0.785. The molecule has 0 fully saturated rings. The highest BCUT2D eigenvalue weighted by Crippen LogP contribution is 2.40. The van der Waals surface area contributed by atoms with Crippen LogP contribution in [0.1, 0.15) is 18.1 Å². The average molecular weight is 472 g/mol. The fraction of sp³-hybridized carbons (Fsp3) is 0.263. The Morgan fingerprint density at radius 1 is 1.26 bits per heavy atom. The van der Waals surface area contributed by atoms with Crippen LogP contribution in [0.25, 0.3) is 0 Å². The first-order valence-corrected chi connectivity index (χ1v) is 9.97. The predicted octanol–water partition coefficient (Wildman–Crippen LogP) is 4.26. The molecule has 142 valence electrons. The Labute approximate surface area is 175 Å². The van der Waals surface area contributed by atoms with Crippen molar-refractivity contribution >= 4 is 56.7 Å². The number of rotatable bonds is 6. The number of carbonyl (C=O) groups excluding carboxylic acids is 2. The van der Waals surface area contributed by atoms with E-state index >= 15 is 0 Å². The van der Waals surface area contributed by atoms with E-state index in [9.17, 15) is 9.59 Å². The van der Waals surface area contributed by atoms with E-state index in [1.54, 1.807) is 37.3 Å². The lowest BCUT2D eigenvalue weighted by Gasteiger charge is -2.31. The van der Waals surface area contributed by atoms with Crippen molar-refractivity contribution in [3.63, 3.8) is 0 Å². The molecule has 2 atom stereocenters. The number of esters is 1. The van der Waals surface area contributed by atoms with Gasteiger partial charge in [0.2, 0.25) is 5.91 Å². The van der Waals surface area contributed by atoms with Gasteiger partial charge in [-0.1, -0.05) is 57.3 Å². The molecule has 2 aromatic rings. The van der Waals surface area contributed by atoms with E-state index in [-0.39, 0.29) is 18.9 Å². The molecule has 2 N–H and O–H groups in total. The summed E-state index contributed by atoms with van der Waals surface area (Å²) in [5.41, 5.74) is 0.957. The molecule has 1 aliphatic heterocycles. The monoisotopic (exact) mass is 470 g/mol. The number of hydrogen-bond acceptors (Lipinski definition) is 4. The molecule has 1 aliphatic rings. The second kappa shape index (κ2) is 8.19. The summed E-state index contributed by atoms with van der Waals surface area (Å²) in [6, 6.07) is 12.4. The molecule has 1 amide bonds. The van der Waals surface area contributed by atoms with Gasteiger partial charge in [0.05, 0.1) is 6.61 Å². The Kier molecular flexibility index (Phi) is 6.11. The van der Waals surface area contributed by atoms with Gasteiger partial charge in [0.25, 0.3) is 0 Å². The summed E-state index contributed by atoms with van der Waals surface area (Å²) in [5, 5.41) is 7.04. The van der Waals surface area contributed by atoms with Gasteiger partial charge >= 0.3 is 5.97 Å². The third kappa shape index (κ3) is 4.14. The topological polar surface area (TPSA) is 67.4 Å². The number of alkyl halides is 1. The Bertz CT molecular complexity index is 893. The van der Waals surface area contributed by atoms with E-state index in [0.717, 1.165) is 5.56 Å².